The predicted octanol–water partition coefficient (Wildman–Crippen LogP) is 8.40. The summed E-state index contributed by atoms with van der Waals surface area (Å²) in [6.45, 7) is 5.18. The van der Waals surface area contributed by atoms with Crippen molar-refractivity contribution in [3.8, 4) is 0 Å². The van der Waals surface area contributed by atoms with Crippen molar-refractivity contribution in [2.45, 2.75) is 50.7 Å². The second-order valence-corrected chi connectivity index (χ2v) is 10.6. The molecule has 0 amide bonds. The van der Waals surface area contributed by atoms with Gasteiger partial charge in [-0.15, -0.1) is 11.8 Å². The highest BCUT2D eigenvalue weighted by molar-refractivity contribution is 7.98. The number of hydrogen-bond donors (Lipinski definition) is 0. The summed E-state index contributed by atoms with van der Waals surface area (Å²) in [6.07, 6.45) is 11.5. The molecule has 4 aromatic rings. The monoisotopic (exact) mass is 552 g/mol. The third kappa shape index (κ3) is 6.08. The molecule has 0 bridgehead atoms. The number of benzene rings is 3. The van der Waals surface area contributed by atoms with E-state index in [-0.39, 0.29) is 12.2 Å². The summed E-state index contributed by atoms with van der Waals surface area (Å²) in [5.74, 6) is -0.332. The average Bonchev–Trinajstić information content (AvgIpc) is 3.43. The lowest BCUT2D eigenvalue weighted by atomic mass is 9.87. The Kier molecular flexibility index (Phi) is 9.19. The van der Waals surface area contributed by atoms with Gasteiger partial charge in [0.25, 0.3) is 0 Å². The molecular formula is C34H36N2O3S. The molecule has 1 fully saturated rings. The molecule has 0 N–H and O–H groups in total. The van der Waals surface area contributed by atoms with Crippen molar-refractivity contribution >= 4 is 45.9 Å². The van der Waals surface area contributed by atoms with E-state index < -0.39 is 0 Å². The summed E-state index contributed by atoms with van der Waals surface area (Å²) in [4.78, 5) is 13.1. The van der Waals surface area contributed by atoms with E-state index in [9.17, 15) is 4.79 Å². The summed E-state index contributed by atoms with van der Waals surface area (Å²) in [5.41, 5.74) is 8.07. The Morgan fingerprint density at radius 1 is 1.07 bits per heavy atom. The molecular weight excluding hydrogens is 516 g/mol. The Morgan fingerprint density at radius 3 is 2.60 bits per heavy atom. The Morgan fingerprint density at radius 2 is 1.88 bits per heavy atom. The first-order valence-corrected chi connectivity index (χ1v) is 15.3. The van der Waals surface area contributed by atoms with E-state index in [2.05, 4.69) is 79.9 Å². The van der Waals surface area contributed by atoms with E-state index in [0.29, 0.717) is 6.61 Å². The molecule has 0 spiro atoms. The molecule has 1 aliphatic heterocycles. The highest BCUT2D eigenvalue weighted by Gasteiger charge is 2.20. The first-order valence-electron chi connectivity index (χ1n) is 14.0. The number of nitrogens with zero attached hydrogens (tertiary/aromatic N) is 2. The minimum Gasteiger partial charge on any atom is -0.463 e. The number of rotatable bonds is 9. The van der Waals surface area contributed by atoms with Gasteiger partial charge in [0.1, 0.15) is 0 Å². The zero-order valence-corrected chi connectivity index (χ0v) is 24.2. The van der Waals surface area contributed by atoms with Crippen molar-refractivity contribution in [1.82, 2.24) is 9.78 Å². The number of fused-ring (bicyclic) bond motifs is 1. The number of carbonyl (C=O) groups is 1. The second-order valence-electron chi connectivity index (χ2n) is 9.80. The summed E-state index contributed by atoms with van der Waals surface area (Å²) in [5, 5.41) is 5.83. The Hall–Kier alpha value is -3.61. The third-order valence-corrected chi connectivity index (χ3v) is 8.09. The van der Waals surface area contributed by atoms with Gasteiger partial charge in [-0.25, -0.2) is 9.48 Å². The molecule has 5 nitrogen and oxygen atoms in total. The summed E-state index contributed by atoms with van der Waals surface area (Å²) in [6, 6.07) is 23.6. The maximum atomic E-state index is 11.8. The Labute approximate surface area is 240 Å². The minimum atomic E-state index is -0.332. The number of thioether (sulfide) groups is 1. The first kappa shape index (κ1) is 27.9. The van der Waals surface area contributed by atoms with Crippen molar-refractivity contribution in [3.05, 3.63) is 101 Å². The van der Waals surface area contributed by atoms with Crippen LogP contribution in [0.5, 0.6) is 0 Å². The highest BCUT2D eigenvalue weighted by Crippen LogP contribution is 2.39. The fourth-order valence-electron chi connectivity index (χ4n) is 5.38. The quantitative estimate of drug-likeness (QED) is 0.0903. The van der Waals surface area contributed by atoms with Crippen molar-refractivity contribution in [1.29, 1.82) is 0 Å². The van der Waals surface area contributed by atoms with E-state index in [4.69, 9.17) is 14.6 Å². The maximum absolute atomic E-state index is 11.8. The SMILES string of the molecule is CCOC(=O)C=Cc1ccc(C(=C(CC)c2ccccc2SC)c2ccc3c(cnn3C3CCCCO3)c2)cc1. The van der Waals surface area contributed by atoms with Crippen molar-refractivity contribution < 1.29 is 14.3 Å². The molecule has 0 saturated carbocycles. The van der Waals surface area contributed by atoms with Gasteiger partial charge in [0.05, 0.1) is 18.3 Å². The molecule has 206 valence electrons. The third-order valence-electron chi connectivity index (χ3n) is 7.30. The Balaban J connectivity index is 1.61. The van der Waals surface area contributed by atoms with Crippen LogP contribution in [0.4, 0.5) is 0 Å². The fourth-order valence-corrected chi connectivity index (χ4v) is 6.01. The van der Waals surface area contributed by atoms with E-state index >= 15 is 0 Å². The van der Waals surface area contributed by atoms with Gasteiger partial charge < -0.3 is 9.47 Å². The van der Waals surface area contributed by atoms with Gasteiger partial charge in [0.15, 0.2) is 6.23 Å². The van der Waals surface area contributed by atoms with Crippen LogP contribution < -0.4 is 0 Å². The van der Waals surface area contributed by atoms with E-state index in [1.54, 1.807) is 24.8 Å². The van der Waals surface area contributed by atoms with Gasteiger partial charge in [-0.2, -0.15) is 5.10 Å². The van der Waals surface area contributed by atoms with Gasteiger partial charge >= 0.3 is 5.97 Å². The van der Waals surface area contributed by atoms with Crippen LogP contribution in [0.15, 0.2) is 83.9 Å². The number of aromatic nitrogens is 2. The molecule has 1 unspecified atom stereocenters. The van der Waals surface area contributed by atoms with Gasteiger partial charge in [-0.3, -0.25) is 0 Å². The van der Waals surface area contributed by atoms with E-state index in [1.165, 1.54) is 27.7 Å². The van der Waals surface area contributed by atoms with Crippen LogP contribution in [0.3, 0.4) is 0 Å². The van der Waals surface area contributed by atoms with Crippen molar-refractivity contribution in [2.75, 3.05) is 19.5 Å². The van der Waals surface area contributed by atoms with Crippen LogP contribution in [-0.4, -0.2) is 35.2 Å². The minimum absolute atomic E-state index is 0.00183. The number of ether oxygens (including phenoxy) is 2. The maximum Gasteiger partial charge on any atom is 0.330 e. The molecule has 1 aromatic heterocycles. The standard InChI is InChI=1S/C34H36N2O3S/c1-4-28(29-10-6-7-11-31(29)40-3)34(25-16-13-24(14-17-25)15-20-33(37)38-5-2)26-18-19-30-27(22-26)23-35-36(30)32-12-8-9-21-39-32/h6-7,10-11,13-20,22-23,32H,4-5,8-9,12,21H2,1-3H3. The highest BCUT2D eigenvalue weighted by atomic mass is 32.2. The fraction of sp³-hybridized carbons (Fsp3) is 0.294. The van der Waals surface area contributed by atoms with E-state index in [0.717, 1.165) is 59.9 Å². The zero-order valence-electron chi connectivity index (χ0n) is 23.4. The lowest BCUT2D eigenvalue weighted by Crippen LogP contribution is -2.18. The summed E-state index contributed by atoms with van der Waals surface area (Å²) in [7, 11) is 0. The van der Waals surface area contributed by atoms with Crippen molar-refractivity contribution in [3.63, 3.8) is 0 Å². The molecule has 40 heavy (non-hydrogen) atoms. The first-order chi connectivity index (χ1) is 19.6. The van der Waals surface area contributed by atoms with Gasteiger partial charge in [-0.05, 0) is 96.5 Å². The lowest BCUT2D eigenvalue weighted by Gasteiger charge is -2.23. The summed E-state index contributed by atoms with van der Waals surface area (Å²) < 4.78 is 13.1. The summed E-state index contributed by atoms with van der Waals surface area (Å²) >= 11 is 1.77. The van der Waals surface area contributed by atoms with Crippen LogP contribution >= 0.6 is 11.8 Å². The van der Waals surface area contributed by atoms with Gasteiger partial charge in [0, 0.05) is 23.0 Å². The molecule has 6 heteroatoms. The lowest BCUT2D eigenvalue weighted by molar-refractivity contribution is -0.137. The number of allylic oxidation sites excluding steroid dienone is 1. The molecule has 0 aliphatic carbocycles. The van der Waals surface area contributed by atoms with Crippen LogP contribution in [0, 0.1) is 0 Å². The molecule has 3 aromatic carbocycles. The topological polar surface area (TPSA) is 53.3 Å². The molecule has 0 radical (unpaired) electrons. The van der Waals surface area contributed by atoms with Crippen LogP contribution in [-0.2, 0) is 14.3 Å². The van der Waals surface area contributed by atoms with Crippen molar-refractivity contribution in [2.24, 2.45) is 0 Å². The van der Waals surface area contributed by atoms with Crippen LogP contribution in [0.1, 0.15) is 68.0 Å². The van der Waals surface area contributed by atoms with Gasteiger partial charge in [0.2, 0.25) is 0 Å². The molecule has 1 saturated heterocycles. The van der Waals surface area contributed by atoms with Gasteiger partial charge in [-0.1, -0.05) is 55.5 Å². The number of carbonyl (C=O) groups excluding carboxylic acids is 1. The molecule has 1 atom stereocenters. The largest absolute Gasteiger partial charge is 0.463 e. The van der Waals surface area contributed by atoms with E-state index in [1.807, 2.05) is 10.9 Å². The van der Waals surface area contributed by atoms with Crippen LogP contribution in [0.25, 0.3) is 28.1 Å². The Bertz CT molecular complexity index is 1530. The average molecular weight is 553 g/mol. The normalized spacial score (nSPS) is 16.3. The molecule has 5 rings (SSSR count). The predicted molar refractivity (Wildman–Crippen MR) is 165 cm³/mol. The number of hydrogen-bond acceptors (Lipinski definition) is 5. The zero-order chi connectivity index (χ0) is 27.9. The van der Waals surface area contributed by atoms with Crippen LogP contribution in [0.2, 0.25) is 0 Å². The second kappa shape index (κ2) is 13.2. The molecule has 1 aliphatic rings. The molecule has 2 heterocycles. The number of esters is 1. The smallest absolute Gasteiger partial charge is 0.330 e.